The molecule has 0 atom stereocenters. The summed E-state index contributed by atoms with van der Waals surface area (Å²) in [6.45, 7) is 2.19. The Balaban J connectivity index is 2.44. The van der Waals surface area contributed by atoms with Gasteiger partial charge >= 0.3 is 0 Å². The van der Waals surface area contributed by atoms with E-state index in [1.165, 1.54) is 15.4 Å². The van der Waals surface area contributed by atoms with Crippen molar-refractivity contribution < 1.29 is 4.74 Å². The molecule has 18 heavy (non-hydrogen) atoms. The lowest BCUT2D eigenvalue weighted by molar-refractivity contribution is 0.414. The Kier molecular flexibility index (Phi) is 3.67. The summed E-state index contributed by atoms with van der Waals surface area (Å²) < 4.78 is 5.22. The van der Waals surface area contributed by atoms with Crippen molar-refractivity contribution in [3.05, 3.63) is 54.1 Å². The van der Waals surface area contributed by atoms with E-state index in [9.17, 15) is 0 Å². The summed E-state index contributed by atoms with van der Waals surface area (Å²) in [5.74, 6) is 0.915. The largest absolute Gasteiger partial charge is 0.497 e. The Morgan fingerprint density at radius 3 is 2.06 bits per heavy atom. The van der Waals surface area contributed by atoms with Gasteiger partial charge in [-0.3, -0.25) is 0 Å². The van der Waals surface area contributed by atoms with Crippen LogP contribution in [-0.4, -0.2) is 19.6 Å². The molecular formula is C16H20OS. The molecular weight excluding hydrogens is 240 g/mol. The molecule has 0 aliphatic heterocycles. The molecule has 2 rings (SSSR count). The molecule has 0 bridgehead atoms. The lowest BCUT2D eigenvalue weighted by Crippen LogP contribution is -1.99. The van der Waals surface area contributed by atoms with Crippen molar-refractivity contribution in [3.63, 3.8) is 0 Å². The van der Waals surface area contributed by atoms with Gasteiger partial charge in [-0.25, -0.2) is 0 Å². The molecule has 0 radical (unpaired) electrons. The minimum absolute atomic E-state index is 0.915. The van der Waals surface area contributed by atoms with Gasteiger partial charge in [-0.05, 0) is 65.1 Å². The van der Waals surface area contributed by atoms with Crippen LogP contribution >= 0.6 is 10.0 Å². The van der Waals surface area contributed by atoms with Crippen LogP contribution in [0.4, 0.5) is 0 Å². The van der Waals surface area contributed by atoms with Gasteiger partial charge in [0.15, 0.2) is 0 Å². The Hall–Kier alpha value is -1.41. The summed E-state index contributed by atoms with van der Waals surface area (Å²) in [5.41, 5.74) is 1.37. The molecule has 0 aromatic heterocycles. The summed E-state index contributed by atoms with van der Waals surface area (Å²) in [6, 6.07) is 17.1. The van der Waals surface area contributed by atoms with Gasteiger partial charge in [0.05, 0.1) is 7.11 Å². The van der Waals surface area contributed by atoms with E-state index in [1.54, 1.807) is 7.11 Å². The predicted molar refractivity (Wildman–Crippen MR) is 80.1 cm³/mol. The average molecular weight is 260 g/mol. The predicted octanol–water partition coefficient (Wildman–Crippen LogP) is 4.49. The van der Waals surface area contributed by atoms with Crippen LogP contribution in [0.25, 0.3) is 0 Å². The molecule has 2 heteroatoms. The second-order valence-electron chi connectivity index (χ2n) is 4.77. The number of methoxy groups -OCH3 is 1. The van der Waals surface area contributed by atoms with Crippen LogP contribution in [0.5, 0.6) is 5.75 Å². The highest BCUT2D eigenvalue weighted by molar-refractivity contribution is 8.32. The van der Waals surface area contributed by atoms with Crippen LogP contribution in [0, 0.1) is 6.92 Å². The minimum Gasteiger partial charge on any atom is -0.497 e. The van der Waals surface area contributed by atoms with Crippen LogP contribution in [0.3, 0.4) is 0 Å². The standard InChI is InChI=1S/C16H20OS/c1-13-7-5-6-8-16(13)18(3,4)15-11-9-14(17-2)10-12-15/h5-12H,1-4H3. The molecule has 0 heterocycles. The van der Waals surface area contributed by atoms with Gasteiger partial charge in [0.1, 0.15) is 5.75 Å². The van der Waals surface area contributed by atoms with Crippen molar-refractivity contribution in [2.24, 2.45) is 0 Å². The summed E-state index contributed by atoms with van der Waals surface area (Å²) >= 11 is 0. The molecule has 2 aromatic rings. The SMILES string of the molecule is COc1ccc(S(C)(C)c2ccccc2C)cc1. The van der Waals surface area contributed by atoms with Gasteiger partial charge in [-0.15, -0.1) is 0 Å². The zero-order chi connectivity index (χ0) is 13.2. The van der Waals surface area contributed by atoms with Gasteiger partial charge in [-0.1, -0.05) is 18.2 Å². The molecule has 0 unspecified atom stereocenters. The third-order valence-corrected chi connectivity index (χ3v) is 6.30. The van der Waals surface area contributed by atoms with Crippen LogP contribution in [0.15, 0.2) is 58.3 Å². The highest BCUT2D eigenvalue weighted by Crippen LogP contribution is 2.57. The number of aryl methyl sites for hydroxylation is 1. The van der Waals surface area contributed by atoms with Crippen molar-refractivity contribution in [1.82, 2.24) is 0 Å². The second kappa shape index (κ2) is 5.07. The average Bonchev–Trinajstić information content (AvgIpc) is 2.39. The van der Waals surface area contributed by atoms with E-state index in [2.05, 4.69) is 55.8 Å². The van der Waals surface area contributed by atoms with Crippen LogP contribution in [-0.2, 0) is 0 Å². The first-order valence-electron chi connectivity index (χ1n) is 5.99. The summed E-state index contributed by atoms with van der Waals surface area (Å²) in [4.78, 5) is 2.84. The first-order chi connectivity index (χ1) is 8.55. The summed E-state index contributed by atoms with van der Waals surface area (Å²) in [5, 5.41) is 0. The van der Waals surface area contributed by atoms with Gasteiger partial charge in [0.25, 0.3) is 0 Å². The Labute approximate surface area is 111 Å². The number of ether oxygens (including phenoxy) is 1. The molecule has 0 aliphatic carbocycles. The lowest BCUT2D eigenvalue weighted by atomic mass is 10.2. The fourth-order valence-electron chi connectivity index (χ4n) is 2.17. The van der Waals surface area contributed by atoms with E-state index in [0.717, 1.165) is 5.75 Å². The zero-order valence-corrected chi connectivity index (χ0v) is 12.3. The number of rotatable bonds is 3. The van der Waals surface area contributed by atoms with Crippen LogP contribution in [0.2, 0.25) is 0 Å². The lowest BCUT2D eigenvalue weighted by Gasteiger charge is -2.33. The van der Waals surface area contributed by atoms with Crippen molar-refractivity contribution >= 4 is 10.0 Å². The Morgan fingerprint density at radius 2 is 1.50 bits per heavy atom. The maximum atomic E-state index is 5.22. The van der Waals surface area contributed by atoms with Gasteiger partial charge in [-0.2, -0.15) is 10.0 Å². The molecule has 0 saturated heterocycles. The molecule has 0 amide bonds. The summed E-state index contributed by atoms with van der Waals surface area (Å²) in [7, 11) is 0.753. The van der Waals surface area contributed by atoms with E-state index in [4.69, 9.17) is 4.74 Å². The molecule has 2 aromatic carbocycles. The molecule has 1 nitrogen and oxygen atoms in total. The Morgan fingerprint density at radius 1 is 0.889 bits per heavy atom. The first kappa shape index (κ1) is 13.0. The van der Waals surface area contributed by atoms with Crippen molar-refractivity contribution in [3.8, 4) is 5.75 Å². The number of hydrogen-bond donors (Lipinski definition) is 0. The molecule has 0 spiro atoms. The highest BCUT2D eigenvalue weighted by atomic mass is 32.3. The third kappa shape index (κ3) is 2.39. The zero-order valence-electron chi connectivity index (χ0n) is 11.4. The van der Waals surface area contributed by atoms with Crippen molar-refractivity contribution in [2.75, 3.05) is 19.6 Å². The number of hydrogen-bond acceptors (Lipinski definition) is 1. The van der Waals surface area contributed by atoms with E-state index >= 15 is 0 Å². The molecule has 96 valence electrons. The van der Waals surface area contributed by atoms with E-state index in [1.807, 2.05) is 12.1 Å². The van der Waals surface area contributed by atoms with Crippen LogP contribution in [0.1, 0.15) is 5.56 Å². The van der Waals surface area contributed by atoms with Crippen molar-refractivity contribution in [2.45, 2.75) is 16.7 Å². The normalized spacial score (nSPS) is 12.2. The maximum Gasteiger partial charge on any atom is 0.118 e. The molecule has 0 aliphatic rings. The smallest absolute Gasteiger partial charge is 0.118 e. The van der Waals surface area contributed by atoms with Gasteiger partial charge < -0.3 is 4.74 Å². The van der Waals surface area contributed by atoms with E-state index in [-0.39, 0.29) is 0 Å². The maximum absolute atomic E-state index is 5.22. The topological polar surface area (TPSA) is 9.23 Å². The second-order valence-corrected chi connectivity index (χ2v) is 8.33. The van der Waals surface area contributed by atoms with Crippen LogP contribution < -0.4 is 4.74 Å². The minimum atomic E-state index is -0.950. The van der Waals surface area contributed by atoms with E-state index < -0.39 is 10.0 Å². The molecule has 0 N–H and O–H groups in total. The molecule has 0 saturated carbocycles. The fraction of sp³-hybridized carbons (Fsp3) is 0.250. The van der Waals surface area contributed by atoms with Gasteiger partial charge in [0, 0.05) is 0 Å². The molecule has 0 fully saturated rings. The quantitative estimate of drug-likeness (QED) is 0.790. The third-order valence-electron chi connectivity index (χ3n) is 3.29. The fourth-order valence-corrected chi connectivity index (χ4v) is 4.53. The van der Waals surface area contributed by atoms with Gasteiger partial charge in [0.2, 0.25) is 0 Å². The number of benzene rings is 2. The van der Waals surface area contributed by atoms with E-state index in [0.29, 0.717) is 0 Å². The summed E-state index contributed by atoms with van der Waals surface area (Å²) in [6.07, 6.45) is 4.69. The monoisotopic (exact) mass is 260 g/mol. The Bertz CT molecular complexity index is 529. The first-order valence-corrected chi connectivity index (χ1v) is 8.44. The highest BCUT2D eigenvalue weighted by Gasteiger charge is 2.19. The van der Waals surface area contributed by atoms with Crippen molar-refractivity contribution in [1.29, 1.82) is 0 Å².